The van der Waals surface area contributed by atoms with Crippen LogP contribution in [-0.2, 0) is 100 Å². The van der Waals surface area contributed by atoms with Crippen LogP contribution in [0.15, 0.2) is 0 Å². The Balaban J connectivity index is 0.00000232. The van der Waals surface area contributed by atoms with Crippen LogP contribution in [0.4, 0.5) is 0 Å². The van der Waals surface area contributed by atoms with Crippen molar-refractivity contribution in [3.05, 3.63) is 0 Å². The molecule has 1 saturated carbocycles. The summed E-state index contributed by atoms with van der Waals surface area (Å²) < 4.78 is 42.3. The second kappa shape index (κ2) is 81.2. The molecule has 0 aliphatic heterocycles. The maximum Gasteiger partial charge on any atom is 0.306 e. The molecule has 0 aromatic heterocycles. The van der Waals surface area contributed by atoms with Crippen molar-refractivity contribution in [1.82, 2.24) is 26.2 Å². The van der Waals surface area contributed by atoms with E-state index in [-0.39, 0.29) is 176 Å². The van der Waals surface area contributed by atoms with E-state index in [9.17, 15) is 67.4 Å². The Morgan fingerprint density at radius 3 is 1.07 bits per heavy atom. The van der Waals surface area contributed by atoms with E-state index in [0.717, 1.165) is 89.9 Å². The van der Waals surface area contributed by atoms with Gasteiger partial charge in [0.1, 0.15) is 38.0 Å². The highest BCUT2D eigenvalue weighted by Gasteiger charge is 2.31. The molecule has 0 saturated heterocycles. The van der Waals surface area contributed by atoms with Crippen molar-refractivity contribution in [2.24, 2.45) is 17.8 Å². The van der Waals surface area contributed by atoms with Crippen molar-refractivity contribution >= 4 is 76.4 Å². The average Bonchev–Trinajstić information content (AvgIpc) is 0.871. The van der Waals surface area contributed by atoms with Crippen molar-refractivity contribution in [1.29, 1.82) is 0 Å². The molecule has 0 aromatic rings. The molecule has 29 heteroatoms. The first kappa shape index (κ1) is 110. The normalized spacial score (nSPS) is 13.4. The van der Waals surface area contributed by atoms with E-state index in [0.29, 0.717) is 117 Å². The van der Waals surface area contributed by atoms with Crippen LogP contribution in [0.25, 0.3) is 0 Å². The van der Waals surface area contributed by atoms with Crippen molar-refractivity contribution in [3.8, 4) is 0 Å². The Morgan fingerprint density at radius 1 is 0.328 bits per heavy atom. The third-order valence-electron chi connectivity index (χ3n) is 19.9. The summed E-state index contributed by atoms with van der Waals surface area (Å²) in [4.78, 5) is 154. The molecule has 7 N–H and O–H groups in total. The van der Waals surface area contributed by atoms with Gasteiger partial charge in [0, 0.05) is 96.6 Å². The fourth-order valence-electron chi connectivity index (χ4n) is 13.2. The molecule has 1 aliphatic carbocycles. The molecule has 1 fully saturated rings. The molecule has 116 heavy (non-hydrogen) atoms. The van der Waals surface area contributed by atoms with Gasteiger partial charge in [-0.2, -0.15) is 0 Å². The lowest BCUT2D eigenvalue weighted by Gasteiger charge is -2.28. The first-order chi connectivity index (χ1) is 56.1. The van der Waals surface area contributed by atoms with Crippen LogP contribution >= 0.6 is 0 Å². The number of nitrogens with zero attached hydrogens (tertiary/aromatic N) is 1. The summed E-state index contributed by atoms with van der Waals surface area (Å²) in [5, 5.41) is 38.3. The molecule has 0 spiro atoms. The summed E-state index contributed by atoms with van der Waals surface area (Å²) in [6.07, 6.45) is 42.6. The first-order valence-corrected chi connectivity index (χ1v) is 44.2. The van der Waals surface area contributed by atoms with Crippen LogP contribution in [-0.4, -0.2) is 242 Å². The first-order valence-electron chi connectivity index (χ1n) is 44.2. The Labute approximate surface area is 693 Å². The number of Topliss-reactive ketones (excluding diaryl/α,β-unsaturated/α-hetero) is 5. The summed E-state index contributed by atoms with van der Waals surface area (Å²) in [6.45, 7) is 9.55. The van der Waals surface area contributed by atoms with E-state index in [4.69, 9.17) is 48.1 Å². The van der Waals surface area contributed by atoms with Gasteiger partial charge in [-0.1, -0.05) is 180 Å². The minimum atomic E-state index is -1.08. The van der Waals surface area contributed by atoms with Gasteiger partial charge < -0.3 is 79.4 Å². The van der Waals surface area contributed by atoms with Gasteiger partial charge in [0.25, 0.3) is 0 Å². The van der Waals surface area contributed by atoms with Crippen LogP contribution in [0.1, 0.15) is 316 Å². The quantitative estimate of drug-likeness (QED) is 0.0278. The zero-order valence-corrected chi connectivity index (χ0v) is 71.7. The Kier molecular flexibility index (Phi) is 76.8. The minimum absolute atomic E-state index is 0.00817. The number of rotatable bonds is 85. The third-order valence-corrected chi connectivity index (χ3v) is 19.9. The molecule has 672 valence electrons. The smallest absolute Gasteiger partial charge is 0.306 e. The number of hydrogen-bond donors (Lipinski definition) is 7. The molecule has 5 amide bonds. The number of carboxylic acids is 3. The van der Waals surface area contributed by atoms with Gasteiger partial charge in [0.05, 0.1) is 85.1 Å². The maximum absolute atomic E-state index is 13.0. The number of amides is 5. The summed E-state index contributed by atoms with van der Waals surface area (Å²) >= 11 is 0. The summed E-state index contributed by atoms with van der Waals surface area (Å²) in [7, 11) is 0. The number of carbonyl (C=O) groups is 13. The Morgan fingerprint density at radius 2 is 0.672 bits per heavy atom. The van der Waals surface area contributed by atoms with Gasteiger partial charge in [-0.15, -0.1) is 0 Å². The van der Waals surface area contributed by atoms with Gasteiger partial charge >= 0.3 is 17.9 Å². The zero-order chi connectivity index (χ0) is 85.4. The zero-order valence-electron chi connectivity index (χ0n) is 71.7. The standard InChI is InChI=1S/C48H84N2O13.C39H71N3O11/c1-39(51)37-62-33-31-60-29-18-19-43(52)38-63-34-32-61-30-28-49-46(55)27-26-42(48(58)59)35-44(53)41-24-22-40(23-25-41)36-50-45(54)20-16-14-12-10-8-6-4-2-3-5-7-9-11-13-15-17-21-47(56)57;1-34(43)31-42(38(47)19-17-15-13-11-9-7-5-3-4-6-8-10-12-14-16-18-20-39(48)49)24-21-36(45)40-22-25-50-28-30-53-33-37(46)41-23-26-51-27-29-52-32-35(2)44/h40-42H,2-38H2,1H3,(H,49,55)(H,50,54)(H,56,57)(H,58,59);3-33H2,1-2H3,(H,40,45)(H,41,46)(H,48,49)/t40?,41?,42-;/m1./s1. The largest absolute Gasteiger partial charge is 0.481 e. The average molecular weight is 1660 g/mol. The van der Waals surface area contributed by atoms with Crippen molar-refractivity contribution in [3.63, 3.8) is 0 Å². The van der Waals surface area contributed by atoms with Gasteiger partial charge in [-0.25, -0.2) is 0 Å². The predicted octanol–water partition coefficient (Wildman–Crippen LogP) is 12.4. The molecule has 1 rings (SSSR count). The number of unbranched alkanes of at least 4 members (excludes halogenated alkanes) is 30. The van der Waals surface area contributed by atoms with Crippen LogP contribution in [0.2, 0.25) is 0 Å². The minimum Gasteiger partial charge on any atom is -0.481 e. The SMILES string of the molecule is CC(=O)COCCOCCCC(=O)COCCOCCNC(=O)CC[C@H](CC(=O)C1CCC(CNC(=O)CCCCCCCCCCCCCCCCCCC(=O)O)CC1)C(=O)O.CC(=O)COCCOCCNC(=O)COCCOCCNC(=O)CCN(CC(C)=O)C(=O)CCCCCCCCCCCCCCCCCCC(=O)O. The molecular weight excluding hydrogens is 1500 g/mol. The van der Waals surface area contributed by atoms with E-state index in [1.165, 1.54) is 154 Å². The van der Waals surface area contributed by atoms with Gasteiger partial charge in [0.2, 0.25) is 29.5 Å². The number of carbonyl (C=O) groups excluding carboxylic acids is 10. The number of ketones is 5. The van der Waals surface area contributed by atoms with Gasteiger partial charge in [-0.05, 0) is 90.9 Å². The monoisotopic (exact) mass is 1650 g/mol. The highest BCUT2D eigenvalue weighted by atomic mass is 16.5. The van der Waals surface area contributed by atoms with Crippen molar-refractivity contribution < 1.29 is 116 Å². The van der Waals surface area contributed by atoms with E-state index in [1.807, 2.05) is 0 Å². The van der Waals surface area contributed by atoms with Crippen molar-refractivity contribution in [2.75, 3.05) is 145 Å². The van der Waals surface area contributed by atoms with E-state index in [2.05, 4.69) is 21.3 Å². The summed E-state index contributed by atoms with van der Waals surface area (Å²) in [6, 6.07) is 0. The molecule has 0 unspecified atom stereocenters. The third kappa shape index (κ3) is 78.9. The number of carboxylic acid groups (broad SMARTS) is 3. The fourth-order valence-corrected chi connectivity index (χ4v) is 13.2. The van der Waals surface area contributed by atoms with Crippen LogP contribution in [0, 0.1) is 17.8 Å². The second-order valence-corrected chi connectivity index (χ2v) is 30.9. The number of nitrogens with one attached hydrogen (secondary N) is 4. The summed E-state index contributed by atoms with van der Waals surface area (Å²) in [5.74, 6) is -4.39. The molecule has 1 aliphatic rings. The molecular formula is C87H155N5O24. The number of aliphatic carboxylic acids is 3. The lowest BCUT2D eigenvalue weighted by molar-refractivity contribution is -0.145. The molecule has 0 radical (unpaired) electrons. The number of hydrogen-bond acceptors (Lipinski definition) is 21. The second-order valence-electron chi connectivity index (χ2n) is 30.9. The van der Waals surface area contributed by atoms with E-state index in [1.54, 1.807) is 0 Å². The molecule has 0 bridgehead atoms. The lowest BCUT2D eigenvalue weighted by Crippen LogP contribution is -2.38. The maximum atomic E-state index is 13.0. The lowest BCUT2D eigenvalue weighted by atomic mass is 9.78. The Bertz CT molecular complexity index is 2570. The van der Waals surface area contributed by atoms with Gasteiger partial charge in [-0.3, -0.25) is 62.3 Å². The van der Waals surface area contributed by atoms with Crippen LogP contribution < -0.4 is 21.3 Å². The molecule has 1 atom stereocenters. The van der Waals surface area contributed by atoms with Crippen LogP contribution in [0.5, 0.6) is 0 Å². The summed E-state index contributed by atoms with van der Waals surface area (Å²) in [5.41, 5.74) is 0. The fraction of sp³-hybridized carbons (Fsp3) is 0.851. The van der Waals surface area contributed by atoms with E-state index < -0.39 is 23.8 Å². The van der Waals surface area contributed by atoms with Gasteiger partial charge in [0.15, 0.2) is 17.3 Å². The predicted molar refractivity (Wildman–Crippen MR) is 443 cm³/mol. The molecule has 29 nitrogen and oxygen atoms in total. The number of ether oxygens (including phenoxy) is 8. The Hall–Kier alpha value is -6.21. The highest BCUT2D eigenvalue weighted by Crippen LogP contribution is 2.31. The highest BCUT2D eigenvalue weighted by molar-refractivity contribution is 5.87. The van der Waals surface area contributed by atoms with E-state index >= 15 is 0 Å². The van der Waals surface area contributed by atoms with Crippen molar-refractivity contribution in [2.45, 2.75) is 316 Å². The van der Waals surface area contributed by atoms with Crippen LogP contribution in [0.3, 0.4) is 0 Å². The topological polar surface area (TPSA) is 408 Å². The molecule has 0 aromatic carbocycles. The molecule has 0 heterocycles.